The normalized spacial score (nSPS) is 14.9. The summed E-state index contributed by atoms with van der Waals surface area (Å²) >= 11 is 0. The number of ketones is 1. The number of phosphoric acid groups is 1. The third-order valence-electron chi connectivity index (χ3n) is 9.73. The maximum Gasteiger partial charge on any atom is 0.331 e. The highest BCUT2D eigenvalue weighted by molar-refractivity contribution is 7.45. The Labute approximate surface area is 355 Å². The van der Waals surface area contributed by atoms with Crippen LogP contribution in [0.15, 0.2) is 72.9 Å². The number of nitrogens with zero attached hydrogens (tertiary/aromatic N) is 1. The number of phosphoric ester groups is 1. The lowest BCUT2D eigenvalue weighted by molar-refractivity contribution is -0.870. The van der Waals surface area contributed by atoms with E-state index in [1.54, 1.807) is 18.2 Å². The van der Waals surface area contributed by atoms with Crippen LogP contribution in [-0.2, 0) is 27.9 Å². The van der Waals surface area contributed by atoms with E-state index in [0.717, 1.165) is 38.2 Å². The van der Waals surface area contributed by atoms with Crippen molar-refractivity contribution in [3.8, 4) is 0 Å². The molecular weight excluding hydrogens is 750 g/mol. The van der Waals surface area contributed by atoms with Gasteiger partial charge >= 0.3 is 5.97 Å². The summed E-state index contributed by atoms with van der Waals surface area (Å²) in [6, 6.07) is 0. The van der Waals surface area contributed by atoms with Crippen molar-refractivity contribution in [3.63, 3.8) is 0 Å². The summed E-state index contributed by atoms with van der Waals surface area (Å²) < 4.78 is 28.8. The van der Waals surface area contributed by atoms with Crippen molar-refractivity contribution in [2.24, 2.45) is 0 Å². The lowest BCUT2D eigenvalue weighted by Gasteiger charge is -2.32. The Balaban J connectivity index is 4.86. The molecule has 334 valence electrons. The summed E-state index contributed by atoms with van der Waals surface area (Å²) in [6.07, 6.45) is 46.5. The average Bonchev–Trinajstić information content (AvgIpc) is 3.17. The van der Waals surface area contributed by atoms with Crippen LogP contribution in [0.25, 0.3) is 0 Å². The van der Waals surface area contributed by atoms with Crippen LogP contribution in [0.5, 0.6) is 0 Å². The van der Waals surface area contributed by atoms with Crippen molar-refractivity contribution >= 4 is 19.6 Å². The summed E-state index contributed by atoms with van der Waals surface area (Å²) in [6.45, 7) is 3.91. The number of aliphatic hydroxyl groups is 1. The fourth-order valence-corrected chi connectivity index (χ4v) is 7.07. The molecule has 0 aliphatic carbocycles. The second-order valence-corrected chi connectivity index (χ2v) is 17.7. The van der Waals surface area contributed by atoms with E-state index in [4.69, 9.17) is 13.8 Å². The molecule has 0 aliphatic rings. The fraction of sp³-hybridized carbons (Fsp3) is 0.708. The number of ether oxygens (including phenoxy) is 1. The first-order valence-electron chi connectivity index (χ1n) is 22.7. The number of Topliss-reactive ketones (excluding diaryl/α,β-unsaturated/α-hetero) is 1. The first-order valence-corrected chi connectivity index (χ1v) is 24.2. The number of allylic oxidation sites excluding steroid dienone is 11. The van der Waals surface area contributed by atoms with Gasteiger partial charge < -0.3 is 28.3 Å². The van der Waals surface area contributed by atoms with Gasteiger partial charge in [-0.05, 0) is 19.3 Å². The molecule has 0 spiro atoms. The van der Waals surface area contributed by atoms with E-state index >= 15 is 0 Å². The number of carbonyl (C=O) groups excluding carboxylic acids is 2. The molecule has 3 atom stereocenters. The fourth-order valence-electron chi connectivity index (χ4n) is 6.17. The van der Waals surface area contributed by atoms with Crippen molar-refractivity contribution in [2.45, 2.75) is 180 Å². The zero-order chi connectivity index (χ0) is 43.0. The topological polar surface area (TPSA) is 122 Å². The highest BCUT2D eigenvalue weighted by Crippen LogP contribution is 2.41. The number of hydrogen-bond donors (Lipinski definition) is 1. The van der Waals surface area contributed by atoms with E-state index in [1.807, 2.05) is 51.5 Å². The third kappa shape index (κ3) is 37.9. The molecule has 0 aliphatic heterocycles. The Kier molecular flexibility index (Phi) is 37.2. The van der Waals surface area contributed by atoms with Gasteiger partial charge in [-0.15, -0.1) is 0 Å². The molecule has 0 rings (SSSR count). The quantitative estimate of drug-likeness (QED) is 0.0162. The number of quaternary nitrogens is 1. The molecule has 0 radical (unpaired) electrons. The minimum atomic E-state index is -4.96. The van der Waals surface area contributed by atoms with Gasteiger partial charge in [-0.1, -0.05) is 209 Å². The Bertz CT molecular complexity index is 1230. The molecule has 0 aromatic carbocycles. The molecule has 0 saturated heterocycles. The monoisotopic (exact) mass is 834 g/mol. The van der Waals surface area contributed by atoms with Crippen LogP contribution in [0, 0.1) is 0 Å². The van der Waals surface area contributed by atoms with E-state index in [0.29, 0.717) is 17.4 Å². The molecule has 2 unspecified atom stereocenters. The number of aliphatic hydroxyl groups excluding tert-OH is 1. The first kappa shape index (κ1) is 55.6. The zero-order valence-electron chi connectivity index (χ0n) is 37.4. The molecule has 0 amide bonds. The molecule has 0 heterocycles. The molecular formula is C48H84NO8P. The molecule has 0 bridgehead atoms. The predicted molar refractivity (Wildman–Crippen MR) is 240 cm³/mol. The molecule has 10 heteroatoms. The third-order valence-corrected chi connectivity index (χ3v) is 10.7. The van der Waals surface area contributed by atoms with Gasteiger partial charge in [0, 0.05) is 12.5 Å². The van der Waals surface area contributed by atoms with Crippen LogP contribution < -0.4 is 4.89 Å². The van der Waals surface area contributed by atoms with Crippen LogP contribution >= 0.6 is 7.82 Å². The Morgan fingerprint density at radius 3 is 1.48 bits per heavy atom. The summed E-state index contributed by atoms with van der Waals surface area (Å²) in [7, 11) is 0.695. The van der Waals surface area contributed by atoms with Crippen molar-refractivity contribution in [3.05, 3.63) is 72.9 Å². The van der Waals surface area contributed by atoms with Gasteiger partial charge in [0.1, 0.15) is 13.2 Å². The minimum absolute atomic E-state index is 0.0288. The number of rotatable bonds is 40. The van der Waals surface area contributed by atoms with E-state index in [1.165, 1.54) is 115 Å². The van der Waals surface area contributed by atoms with Gasteiger partial charge in [0.15, 0.2) is 18.0 Å². The zero-order valence-corrected chi connectivity index (χ0v) is 38.3. The molecule has 1 N–H and O–H groups in total. The lowest BCUT2D eigenvalue weighted by atomic mass is 10.0. The van der Waals surface area contributed by atoms with E-state index in [2.05, 4.69) is 26.0 Å². The predicted octanol–water partition coefficient (Wildman–Crippen LogP) is 11.8. The van der Waals surface area contributed by atoms with Crippen LogP contribution in [-0.4, -0.2) is 74.5 Å². The second kappa shape index (κ2) is 38.8. The molecule has 0 fully saturated rings. The largest absolute Gasteiger partial charge is 0.756 e. The summed E-state index contributed by atoms with van der Waals surface area (Å²) in [5.41, 5.74) is 0. The number of likely N-dealkylation sites (N-methyl/N-ethyl adjacent to an activating group) is 1. The van der Waals surface area contributed by atoms with E-state index in [9.17, 15) is 24.2 Å². The van der Waals surface area contributed by atoms with Crippen molar-refractivity contribution in [2.75, 3.05) is 40.9 Å². The average molecular weight is 834 g/mol. The molecule has 0 saturated carbocycles. The number of unbranched alkanes of at least 4 members (excludes halogenated alkanes) is 21. The van der Waals surface area contributed by atoms with Gasteiger partial charge in [0.05, 0.1) is 27.7 Å². The standard InChI is InChI=1S/C48H84NO8P/c1-6-8-10-12-14-16-18-20-22-23-24-25-27-29-31-33-35-37-39-41-47(52)56-46(44-50)48(57-58(53,54)55-43-42-49(3,4)5)45(51)40-38-36-34-32-30-28-26-21-19-17-15-13-11-9-7-2/h22-25,27,29,31,33,35,37,39,41,46,48,50H,6-21,26,28,30,32,34,36,38,40,42-44H2,1-5H3/t46-,48?/m0/s1. The van der Waals surface area contributed by atoms with Crippen molar-refractivity contribution < 1.29 is 42.4 Å². The lowest BCUT2D eigenvalue weighted by Crippen LogP contribution is -2.42. The number of esters is 1. The summed E-state index contributed by atoms with van der Waals surface area (Å²) in [5.74, 6) is -1.41. The maximum atomic E-state index is 13.3. The Morgan fingerprint density at radius 1 is 0.621 bits per heavy atom. The number of hydrogen-bond acceptors (Lipinski definition) is 8. The second-order valence-electron chi connectivity index (χ2n) is 16.4. The minimum Gasteiger partial charge on any atom is -0.756 e. The smallest absolute Gasteiger partial charge is 0.331 e. The molecule has 58 heavy (non-hydrogen) atoms. The van der Waals surface area contributed by atoms with Crippen LogP contribution in [0.3, 0.4) is 0 Å². The van der Waals surface area contributed by atoms with Gasteiger partial charge in [0.2, 0.25) is 0 Å². The van der Waals surface area contributed by atoms with Gasteiger partial charge in [-0.3, -0.25) is 9.36 Å². The van der Waals surface area contributed by atoms with Crippen LogP contribution in [0.1, 0.15) is 168 Å². The Hall–Kier alpha value is -2.39. The van der Waals surface area contributed by atoms with E-state index < -0.39 is 38.4 Å². The summed E-state index contributed by atoms with van der Waals surface area (Å²) in [4.78, 5) is 38.7. The number of carbonyl (C=O) groups is 2. The SMILES string of the molecule is CCCCCCCCCC=CC=CC=CC=CC=CC=CC(=O)O[C@@H](CO)C(OP(=O)([O-])OCC[N+](C)(C)C)C(=O)CCCCCCCCCCCCCCCCC. The highest BCUT2D eigenvalue weighted by Gasteiger charge is 2.35. The Morgan fingerprint density at radius 2 is 1.03 bits per heavy atom. The van der Waals surface area contributed by atoms with Crippen LogP contribution in [0.2, 0.25) is 0 Å². The first-order chi connectivity index (χ1) is 28.0. The highest BCUT2D eigenvalue weighted by atomic mass is 31.2. The van der Waals surface area contributed by atoms with Gasteiger partial charge in [-0.2, -0.15) is 0 Å². The molecule has 0 aromatic heterocycles. The van der Waals surface area contributed by atoms with E-state index in [-0.39, 0.29) is 13.0 Å². The van der Waals surface area contributed by atoms with Gasteiger partial charge in [-0.25, -0.2) is 4.79 Å². The summed E-state index contributed by atoms with van der Waals surface area (Å²) in [5, 5.41) is 10.1. The van der Waals surface area contributed by atoms with Crippen molar-refractivity contribution in [1.82, 2.24) is 0 Å². The van der Waals surface area contributed by atoms with Crippen LogP contribution in [0.4, 0.5) is 0 Å². The maximum absolute atomic E-state index is 13.3. The van der Waals surface area contributed by atoms with Gasteiger partial charge in [0.25, 0.3) is 7.82 Å². The molecule has 9 nitrogen and oxygen atoms in total. The van der Waals surface area contributed by atoms with Crippen molar-refractivity contribution in [1.29, 1.82) is 0 Å². The molecule has 0 aromatic rings.